The minimum atomic E-state index is -3.93. The SMILES string of the molecule is Cc1ccc(Cl)cc1N(CC(=O)Nc1ccc(S(=O)(=O)Nc2ncccn2)cc1)S(C)(=O)=O. The fraction of sp³-hybridized carbons (Fsp3) is 0.150. The zero-order valence-electron chi connectivity index (χ0n) is 17.6. The number of carbonyl (C=O) groups is 1. The number of anilines is 3. The van der Waals surface area contributed by atoms with Crippen LogP contribution in [0.3, 0.4) is 0 Å². The van der Waals surface area contributed by atoms with Crippen molar-refractivity contribution < 1.29 is 21.6 Å². The summed E-state index contributed by atoms with van der Waals surface area (Å²) in [6.07, 6.45) is 3.78. The van der Waals surface area contributed by atoms with E-state index in [9.17, 15) is 21.6 Å². The second-order valence-corrected chi connectivity index (χ2v) is 11.0. The molecule has 13 heteroatoms. The molecule has 0 saturated carbocycles. The number of rotatable bonds is 8. The first-order chi connectivity index (χ1) is 15.5. The first kappa shape index (κ1) is 24.4. The summed E-state index contributed by atoms with van der Waals surface area (Å²) >= 11 is 6.00. The summed E-state index contributed by atoms with van der Waals surface area (Å²) < 4.78 is 52.7. The fourth-order valence-corrected chi connectivity index (χ4v) is 4.84. The van der Waals surface area contributed by atoms with Gasteiger partial charge in [0.2, 0.25) is 21.9 Å². The molecule has 0 spiro atoms. The molecule has 0 unspecified atom stereocenters. The summed E-state index contributed by atoms with van der Waals surface area (Å²) in [4.78, 5) is 20.1. The van der Waals surface area contributed by atoms with E-state index in [0.29, 0.717) is 10.6 Å². The van der Waals surface area contributed by atoms with Crippen molar-refractivity contribution in [3.63, 3.8) is 0 Å². The Hall–Kier alpha value is -3.22. The van der Waals surface area contributed by atoms with Gasteiger partial charge in [-0.1, -0.05) is 17.7 Å². The normalized spacial score (nSPS) is 11.6. The number of hydrogen-bond acceptors (Lipinski definition) is 7. The highest BCUT2D eigenvalue weighted by molar-refractivity contribution is 7.92. The zero-order chi connectivity index (χ0) is 24.2. The Balaban J connectivity index is 1.74. The summed E-state index contributed by atoms with van der Waals surface area (Å²) in [6, 6.07) is 11.6. The number of carbonyl (C=O) groups excluding carboxylic acids is 1. The number of benzene rings is 2. The number of halogens is 1. The molecule has 3 rings (SSSR count). The second-order valence-electron chi connectivity index (χ2n) is 6.95. The van der Waals surface area contributed by atoms with Crippen molar-refractivity contribution in [2.45, 2.75) is 11.8 Å². The minimum Gasteiger partial charge on any atom is -0.325 e. The Bertz CT molecular complexity index is 1370. The third-order valence-electron chi connectivity index (χ3n) is 4.37. The van der Waals surface area contributed by atoms with E-state index in [1.165, 1.54) is 42.7 Å². The van der Waals surface area contributed by atoms with Crippen molar-refractivity contribution >= 4 is 54.9 Å². The zero-order valence-corrected chi connectivity index (χ0v) is 19.9. The van der Waals surface area contributed by atoms with E-state index in [-0.39, 0.29) is 22.2 Å². The average molecular weight is 510 g/mol. The van der Waals surface area contributed by atoms with Crippen LogP contribution in [0.5, 0.6) is 0 Å². The van der Waals surface area contributed by atoms with Gasteiger partial charge in [-0.05, 0) is 55.0 Å². The van der Waals surface area contributed by atoms with Crippen molar-refractivity contribution in [1.29, 1.82) is 0 Å². The first-order valence-electron chi connectivity index (χ1n) is 9.39. The molecule has 10 nitrogen and oxygen atoms in total. The van der Waals surface area contributed by atoms with E-state index in [0.717, 1.165) is 10.6 Å². The van der Waals surface area contributed by atoms with Gasteiger partial charge < -0.3 is 5.32 Å². The van der Waals surface area contributed by atoms with Crippen LogP contribution in [-0.4, -0.2) is 45.5 Å². The number of nitrogens with zero attached hydrogens (tertiary/aromatic N) is 3. The Morgan fingerprint density at radius 3 is 2.27 bits per heavy atom. The lowest BCUT2D eigenvalue weighted by molar-refractivity contribution is -0.114. The predicted molar refractivity (Wildman–Crippen MR) is 126 cm³/mol. The number of hydrogen-bond donors (Lipinski definition) is 2. The van der Waals surface area contributed by atoms with Gasteiger partial charge in [-0.2, -0.15) is 0 Å². The van der Waals surface area contributed by atoms with Crippen LogP contribution in [0.25, 0.3) is 0 Å². The molecule has 1 aromatic heterocycles. The number of nitrogens with one attached hydrogen (secondary N) is 2. The largest absolute Gasteiger partial charge is 0.325 e. The minimum absolute atomic E-state index is 0.0692. The van der Waals surface area contributed by atoms with Gasteiger partial charge in [0.1, 0.15) is 6.54 Å². The van der Waals surface area contributed by atoms with Gasteiger partial charge in [0.15, 0.2) is 0 Å². The molecule has 174 valence electrons. The van der Waals surface area contributed by atoms with Gasteiger partial charge in [0.05, 0.1) is 16.8 Å². The van der Waals surface area contributed by atoms with Crippen molar-refractivity contribution in [3.05, 3.63) is 71.5 Å². The molecule has 0 aliphatic carbocycles. The predicted octanol–water partition coefficient (Wildman–Crippen LogP) is 2.64. The Labute approximate surface area is 196 Å². The van der Waals surface area contributed by atoms with E-state index in [1.54, 1.807) is 25.1 Å². The van der Waals surface area contributed by atoms with Gasteiger partial charge >= 0.3 is 0 Å². The fourth-order valence-electron chi connectivity index (χ4n) is 2.81. The summed E-state index contributed by atoms with van der Waals surface area (Å²) in [7, 11) is -7.72. The highest BCUT2D eigenvalue weighted by Crippen LogP contribution is 2.26. The monoisotopic (exact) mass is 509 g/mol. The molecule has 1 heterocycles. The van der Waals surface area contributed by atoms with E-state index in [2.05, 4.69) is 20.0 Å². The summed E-state index contributed by atoms with van der Waals surface area (Å²) in [6.45, 7) is 1.21. The molecule has 33 heavy (non-hydrogen) atoms. The van der Waals surface area contributed by atoms with Crippen molar-refractivity contribution in [2.75, 3.05) is 27.1 Å². The molecule has 0 fully saturated rings. The van der Waals surface area contributed by atoms with E-state index in [4.69, 9.17) is 11.6 Å². The third kappa shape index (κ3) is 6.40. The second kappa shape index (κ2) is 9.73. The van der Waals surface area contributed by atoms with E-state index >= 15 is 0 Å². The maximum Gasteiger partial charge on any atom is 0.264 e. The van der Waals surface area contributed by atoms with Gasteiger partial charge in [0, 0.05) is 23.1 Å². The van der Waals surface area contributed by atoms with Crippen LogP contribution in [0, 0.1) is 6.92 Å². The molecular weight excluding hydrogens is 490 g/mol. The van der Waals surface area contributed by atoms with Crippen LogP contribution in [-0.2, 0) is 24.8 Å². The number of aromatic nitrogens is 2. The van der Waals surface area contributed by atoms with E-state index in [1.807, 2.05) is 0 Å². The van der Waals surface area contributed by atoms with Crippen molar-refractivity contribution in [2.24, 2.45) is 0 Å². The molecular formula is C20H20ClN5O5S2. The lowest BCUT2D eigenvalue weighted by Crippen LogP contribution is -2.37. The highest BCUT2D eigenvalue weighted by Gasteiger charge is 2.23. The molecule has 2 aromatic carbocycles. The third-order valence-corrected chi connectivity index (χ3v) is 7.07. The number of amides is 1. The Morgan fingerprint density at radius 2 is 1.67 bits per heavy atom. The van der Waals surface area contributed by atoms with Crippen LogP contribution in [0.1, 0.15) is 5.56 Å². The lowest BCUT2D eigenvalue weighted by atomic mass is 10.2. The molecule has 0 radical (unpaired) electrons. The van der Waals surface area contributed by atoms with Crippen LogP contribution in [0.4, 0.5) is 17.3 Å². The molecule has 0 atom stereocenters. The van der Waals surface area contributed by atoms with Crippen LogP contribution in [0.2, 0.25) is 5.02 Å². The standard InChI is InChI=1S/C20H20ClN5O5S2/c1-14-4-5-15(21)12-18(14)26(32(2,28)29)13-19(27)24-16-6-8-17(9-7-16)33(30,31)25-20-22-10-3-11-23-20/h3-12H,13H2,1-2H3,(H,24,27)(H,22,23,25). The van der Waals surface area contributed by atoms with Crippen LogP contribution < -0.4 is 14.3 Å². The maximum atomic E-state index is 12.6. The molecule has 0 aliphatic rings. The van der Waals surface area contributed by atoms with Gasteiger partial charge in [-0.25, -0.2) is 31.5 Å². The lowest BCUT2D eigenvalue weighted by Gasteiger charge is -2.23. The topological polar surface area (TPSA) is 138 Å². The number of aryl methyl sites for hydroxylation is 1. The Kier molecular flexibility index (Phi) is 7.20. The Morgan fingerprint density at radius 1 is 1.03 bits per heavy atom. The molecule has 0 aliphatic heterocycles. The van der Waals surface area contributed by atoms with Gasteiger partial charge in [-0.15, -0.1) is 0 Å². The van der Waals surface area contributed by atoms with Crippen LogP contribution in [0.15, 0.2) is 65.8 Å². The molecule has 2 N–H and O–H groups in total. The smallest absolute Gasteiger partial charge is 0.264 e. The molecule has 1 amide bonds. The highest BCUT2D eigenvalue weighted by atomic mass is 35.5. The molecule has 0 bridgehead atoms. The average Bonchev–Trinajstić information content (AvgIpc) is 2.74. The summed E-state index contributed by atoms with van der Waals surface area (Å²) in [5.41, 5.74) is 1.20. The van der Waals surface area contributed by atoms with Gasteiger partial charge in [-0.3, -0.25) is 9.10 Å². The van der Waals surface area contributed by atoms with Crippen molar-refractivity contribution in [3.8, 4) is 0 Å². The maximum absolute atomic E-state index is 12.6. The molecule has 0 saturated heterocycles. The molecule has 3 aromatic rings. The first-order valence-corrected chi connectivity index (χ1v) is 13.1. The van der Waals surface area contributed by atoms with Crippen LogP contribution >= 0.6 is 11.6 Å². The van der Waals surface area contributed by atoms with E-state index < -0.39 is 32.5 Å². The summed E-state index contributed by atoms with van der Waals surface area (Å²) in [5.74, 6) is -0.696. The summed E-state index contributed by atoms with van der Waals surface area (Å²) in [5, 5.41) is 2.89. The van der Waals surface area contributed by atoms with Crippen molar-refractivity contribution in [1.82, 2.24) is 9.97 Å². The number of sulfonamides is 2. The quantitative estimate of drug-likeness (QED) is 0.476. The van der Waals surface area contributed by atoms with Gasteiger partial charge in [0.25, 0.3) is 10.0 Å².